The second kappa shape index (κ2) is 4.96. The second-order valence-electron chi connectivity index (χ2n) is 3.90. The maximum Gasteiger partial charge on any atom is 0.333 e. The van der Waals surface area contributed by atoms with Crippen LogP contribution in [0.2, 0.25) is 0 Å². The average molecular weight is 212 g/mol. The van der Waals surface area contributed by atoms with Crippen LogP contribution in [0, 0.1) is 11.8 Å². The van der Waals surface area contributed by atoms with Crippen LogP contribution < -0.4 is 0 Å². The Morgan fingerprint density at radius 1 is 1.33 bits per heavy atom. The number of hydrogen-bond donors (Lipinski definition) is 0. The van der Waals surface area contributed by atoms with Crippen LogP contribution in [0.3, 0.4) is 0 Å². The molecule has 0 aromatic heterocycles. The van der Waals surface area contributed by atoms with Gasteiger partial charge in [0.15, 0.2) is 0 Å². The summed E-state index contributed by atoms with van der Waals surface area (Å²) in [5.74, 6) is -0.142. The molecule has 0 radical (unpaired) electrons. The topological polar surface area (TPSA) is 52.6 Å². The Labute approximate surface area is 89.2 Å². The van der Waals surface area contributed by atoms with Crippen molar-refractivity contribution in [3.05, 3.63) is 12.2 Å². The Bertz CT molecular complexity index is 282. The summed E-state index contributed by atoms with van der Waals surface area (Å²) in [4.78, 5) is 22.1. The van der Waals surface area contributed by atoms with Crippen LogP contribution in [0.4, 0.5) is 0 Å². The summed E-state index contributed by atoms with van der Waals surface area (Å²) in [5.41, 5.74) is 0.345. The molecule has 0 spiro atoms. The van der Waals surface area contributed by atoms with Gasteiger partial charge in [0.25, 0.3) is 0 Å². The maximum absolute atomic E-state index is 11.2. The molecule has 0 saturated heterocycles. The van der Waals surface area contributed by atoms with Crippen molar-refractivity contribution in [2.24, 2.45) is 11.8 Å². The van der Waals surface area contributed by atoms with Crippen LogP contribution in [0.25, 0.3) is 0 Å². The molecule has 0 amide bonds. The van der Waals surface area contributed by atoms with E-state index in [1.165, 1.54) is 0 Å². The zero-order chi connectivity index (χ0) is 11.4. The molecular weight excluding hydrogens is 196 g/mol. The van der Waals surface area contributed by atoms with E-state index in [1.54, 1.807) is 6.92 Å². The molecule has 4 nitrogen and oxygen atoms in total. The highest BCUT2D eigenvalue weighted by atomic mass is 16.6. The van der Waals surface area contributed by atoms with Gasteiger partial charge in [-0.2, -0.15) is 0 Å². The van der Waals surface area contributed by atoms with Gasteiger partial charge in [0.2, 0.25) is 0 Å². The van der Waals surface area contributed by atoms with Gasteiger partial charge in [-0.15, -0.1) is 0 Å². The molecular formula is C11H16O4. The van der Waals surface area contributed by atoms with Crippen LogP contribution in [0.1, 0.15) is 20.3 Å². The predicted molar refractivity (Wildman–Crippen MR) is 54.0 cm³/mol. The molecule has 15 heavy (non-hydrogen) atoms. The Kier molecular flexibility index (Phi) is 3.88. The van der Waals surface area contributed by atoms with Gasteiger partial charge in [0, 0.05) is 5.57 Å². The Morgan fingerprint density at radius 3 is 2.33 bits per heavy atom. The van der Waals surface area contributed by atoms with Gasteiger partial charge in [-0.3, -0.25) is 4.79 Å². The van der Waals surface area contributed by atoms with E-state index < -0.39 is 5.97 Å². The van der Waals surface area contributed by atoms with E-state index in [9.17, 15) is 9.59 Å². The van der Waals surface area contributed by atoms with Gasteiger partial charge >= 0.3 is 11.9 Å². The lowest BCUT2D eigenvalue weighted by Crippen LogP contribution is -2.15. The van der Waals surface area contributed by atoms with E-state index in [0.29, 0.717) is 11.5 Å². The summed E-state index contributed by atoms with van der Waals surface area (Å²) in [6.07, 6.45) is 0.907. The molecule has 2 atom stereocenters. The van der Waals surface area contributed by atoms with Crippen LogP contribution in [-0.2, 0) is 19.1 Å². The largest absolute Gasteiger partial charge is 0.462 e. The van der Waals surface area contributed by atoms with Crippen molar-refractivity contribution in [3.8, 4) is 0 Å². The summed E-state index contributed by atoms with van der Waals surface area (Å²) >= 11 is 0. The average Bonchev–Trinajstić information content (AvgIpc) is 2.89. The molecule has 1 saturated carbocycles. The Hall–Kier alpha value is -1.32. The summed E-state index contributed by atoms with van der Waals surface area (Å²) in [5, 5.41) is 0. The fourth-order valence-corrected chi connectivity index (χ4v) is 1.16. The monoisotopic (exact) mass is 212 g/mol. The number of hydrogen-bond acceptors (Lipinski definition) is 4. The summed E-state index contributed by atoms with van der Waals surface area (Å²) < 4.78 is 9.69. The van der Waals surface area contributed by atoms with E-state index in [2.05, 4.69) is 6.58 Å². The van der Waals surface area contributed by atoms with Crippen LogP contribution in [-0.4, -0.2) is 25.2 Å². The normalized spacial score (nSPS) is 23.1. The molecule has 1 aliphatic rings. The zero-order valence-corrected chi connectivity index (χ0v) is 9.12. The third-order valence-corrected chi connectivity index (χ3v) is 2.32. The fourth-order valence-electron chi connectivity index (χ4n) is 1.16. The molecule has 4 heteroatoms. The van der Waals surface area contributed by atoms with Crippen LogP contribution in [0.5, 0.6) is 0 Å². The molecule has 0 heterocycles. The summed E-state index contributed by atoms with van der Waals surface area (Å²) in [6, 6.07) is 0. The van der Waals surface area contributed by atoms with Crippen molar-refractivity contribution in [1.82, 2.24) is 0 Å². The highest BCUT2D eigenvalue weighted by Gasteiger charge is 2.40. The third-order valence-electron chi connectivity index (χ3n) is 2.32. The van der Waals surface area contributed by atoms with E-state index >= 15 is 0 Å². The molecule has 84 valence electrons. The predicted octanol–water partition coefficient (Wildman–Crippen LogP) is 1.30. The van der Waals surface area contributed by atoms with Gasteiger partial charge < -0.3 is 9.47 Å². The number of rotatable bonds is 5. The number of carbonyl (C=O) groups is 2. The first-order chi connectivity index (χ1) is 7.02. The van der Waals surface area contributed by atoms with Crippen molar-refractivity contribution < 1.29 is 19.1 Å². The van der Waals surface area contributed by atoms with Crippen molar-refractivity contribution >= 4 is 11.9 Å². The van der Waals surface area contributed by atoms with Gasteiger partial charge in [-0.1, -0.05) is 13.5 Å². The third kappa shape index (κ3) is 3.73. The SMILES string of the molecule is C=C(C)C(=O)OCCOC(=O)C1CC1C. The smallest absolute Gasteiger partial charge is 0.333 e. The highest BCUT2D eigenvalue weighted by Crippen LogP contribution is 2.38. The van der Waals surface area contributed by atoms with Gasteiger partial charge in [0.1, 0.15) is 13.2 Å². The zero-order valence-electron chi connectivity index (χ0n) is 9.12. The molecule has 0 bridgehead atoms. The minimum atomic E-state index is -0.453. The molecule has 0 aliphatic heterocycles. The van der Waals surface area contributed by atoms with Crippen molar-refractivity contribution in [3.63, 3.8) is 0 Å². The van der Waals surface area contributed by atoms with Crippen molar-refractivity contribution in [2.75, 3.05) is 13.2 Å². The standard InChI is InChI=1S/C11H16O4/c1-7(2)10(12)14-4-5-15-11(13)9-6-8(9)3/h8-9H,1,4-6H2,2-3H3. The first kappa shape index (κ1) is 11.8. The minimum absolute atomic E-state index is 0.0573. The lowest BCUT2D eigenvalue weighted by atomic mass is 10.3. The first-order valence-electron chi connectivity index (χ1n) is 5.01. The summed E-state index contributed by atoms with van der Waals surface area (Å²) in [6.45, 7) is 7.23. The molecule has 1 aliphatic carbocycles. The van der Waals surface area contributed by atoms with E-state index in [1.807, 2.05) is 6.92 Å². The maximum atomic E-state index is 11.2. The lowest BCUT2D eigenvalue weighted by molar-refractivity contribution is -0.151. The quantitative estimate of drug-likeness (QED) is 0.391. The van der Waals surface area contributed by atoms with Gasteiger partial charge in [0.05, 0.1) is 5.92 Å². The molecule has 0 aromatic rings. The highest BCUT2D eigenvalue weighted by molar-refractivity contribution is 5.86. The van der Waals surface area contributed by atoms with E-state index in [-0.39, 0.29) is 25.1 Å². The van der Waals surface area contributed by atoms with E-state index in [4.69, 9.17) is 9.47 Å². The van der Waals surface area contributed by atoms with Crippen molar-refractivity contribution in [1.29, 1.82) is 0 Å². The van der Waals surface area contributed by atoms with Crippen LogP contribution >= 0.6 is 0 Å². The molecule has 1 rings (SSSR count). The van der Waals surface area contributed by atoms with Crippen molar-refractivity contribution in [2.45, 2.75) is 20.3 Å². The Morgan fingerprint density at radius 2 is 1.87 bits per heavy atom. The Balaban J connectivity index is 2.04. The second-order valence-corrected chi connectivity index (χ2v) is 3.90. The number of carbonyl (C=O) groups excluding carboxylic acids is 2. The molecule has 2 unspecified atom stereocenters. The van der Waals surface area contributed by atoms with Gasteiger partial charge in [-0.05, 0) is 19.3 Å². The molecule has 0 aromatic carbocycles. The van der Waals surface area contributed by atoms with Gasteiger partial charge in [-0.25, -0.2) is 4.79 Å². The summed E-state index contributed by atoms with van der Waals surface area (Å²) in [7, 11) is 0. The lowest BCUT2D eigenvalue weighted by Gasteiger charge is -2.05. The number of esters is 2. The minimum Gasteiger partial charge on any atom is -0.462 e. The van der Waals surface area contributed by atoms with Crippen LogP contribution in [0.15, 0.2) is 12.2 Å². The number of ether oxygens (including phenoxy) is 2. The van der Waals surface area contributed by atoms with E-state index in [0.717, 1.165) is 6.42 Å². The first-order valence-corrected chi connectivity index (χ1v) is 5.01. The molecule has 1 fully saturated rings. The fraction of sp³-hybridized carbons (Fsp3) is 0.636. The molecule has 0 N–H and O–H groups in total.